The van der Waals surface area contributed by atoms with E-state index in [1.165, 1.54) is 70.9 Å². The minimum atomic E-state index is 0.957. The van der Waals surface area contributed by atoms with Crippen molar-refractivity contribution in [3.05, 3.63) is 212 Å². The van der Waals surface area contributed by atoms with Gasteiger partial charge in [-0.3, -0.25) is 0 Å². The maximum absolute atomic E-state index is 5.29. The zero-order valence-electron chi connectivity index (χ0n) is 31.5. The Hall–Kier alpha value is -7.75. The summed E-state index contributed by atoms with van der Waals surface area (Å²) in [7, 11) is 0. The average Bonchev–Trinajstić information content (AvgIpc) is 3.82. The molecule has 0 aliphatic heterocycles. The van der Waals surface area contributed by atoms with E-state index in [9.17, 15) is 0 Å². The molecule has 0 spiro atoms. The largest absolute Gasteiger partial charge is 0.309 e. The lowest BCUT2D eigenvalue weighted by molar-refractivity contribution is 1.13. The fourth-order valence-electron chi connectivity index (χ4n) is 9.26. The van der Waals surface area contributed by atoms with Gasteiger partial charge in [0, 0.05) is 43.9 Å². The van der Waals surface area contributed by atoms with Crippen LogP contribution in [0.25, 0.3) is 110 Å². The van der Waals surface area contributed by atoms with Crippen LogP contribution in [0.2, 0.25) is 0 Å². The number of aromatic nitrogens is 3. The third-order valence-electron chi connectivity index (χ3n) is 11.9. The second-order valence-corrected chi connectivity index (χ2v) is 15.2. The fraction of sp³-hybridized carbons (Fsp3) is 0. The Morgan fingerprint density at radius 3 is 1.33 bits per heavy atom. The van der Waals surface area contributed by atoms with E-state index >= 15 is 0 Å². The van der Waals surface area contributed by atoms with Crippen molar-refractivity contribution in [2.75, 3.05) is 0 Å². The van der Waals surface area contributed by atoms with E-state index in [4.69, 9.17) is 4.98 Å². The molecular weight excluding hydrogens is 703 g/mol. The van der Waals surface area contributed by atoms with Gasteiger partial charge in [-0.25, -0.2) is 4.98 Å². The molecule has 3 aromatic heterocycles. The Balaban J connectivity index is 1.06. The van der Waals surface area contributed by atoms with Crippen LogP contribution in [0.5, 0.6) is 0 Å². The number of hydrogen-bond donors (Lipinski definition) is 0. The smallest absolute Gasteiger partial charge is 0.0722 e. The van der Waals surface area contributed by atoms with Gasteiger partial charge < -0.3 is 9.13 Å². The van der Waals surface area contributed by atoms with Crippen LogP contribution in [-0.4, -0.2) is 14.1 Å². The highest BCUT2D eigenvalue weighted by Crippen LogP contribution is 2.40. The number of para-hydroxylation sites is 4. The van der Waals surface area contributed by atoms with Crippen LogP contribution in [0.4, 0.5) is 0 Å². The molecule has 0 fully saturated rings. The minimum absolute atomic E-state index is 0.957. The minimum Gasteiger partial charge on any atom is -0.309 e. The van der Waals surface area contributed by atoms with E-state index in [2.05, 4.69) is 221 Å². The molecular formula is C55H35N3. The van der Waals surface area contributed by atoms with E-state index in [0.29, 0.717) is 0 Å². The van der Waals surface area contributed by atoms with Crippen molar-refractivity contribution < 1.29 is 0 Å². The molecule has 0 bridgehead atoms. The Bertz CT molecular complexity index is 3310. The van der Waals surface area contributed by atoms with Crippen molar-refractivity contribution >= 4 is 65.3 Å². The molecule has 12 aromatic rings. The first-order valence-electron chi connectivity index (χ1n) is 19.9. The molecule has 0 aliphatic carbocycles. The second-order valence-electron chi connectivity index (χ2n) is 15.2. The van der Waals surface area contributed by atoms with Gasteiger partial charge in [-0.15, -0.1) is 0 Å². The van der Waals surface area contributed by atoms with Gasteiger partial charge in [0.05, 0.1) is 33.3 Å². The van der Waals surface area contributed by atoms with E-state index in [1.807, 2.05) is 0 Å². The Labute approximate surface area is 335 Å². The van der Waals surface area contributed by atoms with E-state index in [0.717, 1.165) is 39.3 Å². The predicted octanol–water partition coefficient (Wildman–Crippen LogP) is 14.6. The second kappa shape index (κ2) is 12.9. The molecule has 0 amide bonds. The average molecular weight is 738 g/mol. The Kier molecular flexibility index (Phi) is 7.23. The van der Waals surface area contributed by atoms with Crippen molar-refractivity contribution in [3.8, 4) is 44.9 Å². The molecule has 3 heterocycles. The Morgan fingerprint density at radius 2 is 0.776 bits per heavy atom. The lowest BCUT2D eigenvalue weighted by Crippen LogP contribution is -2.00. The van der Waals surface area contributed by atoms with Crippen molar-refractivity contribution in [2.24, 2.45) is 0 Å². The molecule has 0 radical (unpaired) electrons. The molecule has 0 saturated carbocycles. The van der Waals surface area contributed by atoms with Gasteiger partial charge in [-0.05, 0) is 87.6 Å². The molecule has 270 valence electrons. The zero-order valence-corrected chi connectivity index (χ0v) is 31.5. The van der Waals surface area contributed by atoms with Crippen LogP contribution in [0, 0.1) is 0 Å². The third-order valence-corrected chi connectivity index (χ3v) is 11.9. The SMILES string of the molecule is c1ccc(-c2cc(-c3ccc(-c4cc(-n5c6ccccc6c6ccccc65)cc(-n5c6ccccc6c6ccccc65)c4)cc3)nc3ccc4ccccc4c23)cc1. The monoisotopic (exact) mass is 737 g/mol. The molecule has 3 nitrogen and oxygen atoms in total. The first-order chi connectivity index (χ1) is 28.8. The zero-order chi connectivity index (χ0) is 38.2. The van der Waals surface area contributed by atoms with Gasteiger partial charge in [0.15, 0.2) is 0 Å². The van der Waals surface area contributed by atoms with Crippen molar-refractivity contribution in [1.29, 1.82) is 0 Å². The summed E-state index contributed by atoms with van der Waals surface area (Å²) >= 11 is 0. The number of fused-ring (bicyclic) bond motifs is 9. The topological polar surface area (TPSA) is 22.8 Å². The summed E-state index contributed by atoms with van der Waals surface area (Å²) in [6.07, 6.45) is 0. The molecule has 9 aromatic carbocycles. The van der Waals surface area contributed by atoms with Gasteiger partial charge in [0.25, 0.3) is 0 Å². The van der Waals surface area contributed by atoms with E-state index in [-0.39, 0.29) is 0 Å². The summed E-state index contributed by atoms with van der Waals surface area (Å²) in [4.78, 5) is 5.29. The van der Waals surface area contributed by atoms with E-state index in [1.54, 1.807) is 0 Å². The summed E-state index contributed by atoms with van der Waals surface area (Å²) in [5.41, 5.74) is 14.7. The summed E-state index contributed by atoms with van der Waals surface area (Å²) in [5.74, 6) is 0. The molecule has 0 aliphatic rings. The summed E-state index contributed by atoms with van der Waals surface area (Å²) in [6.45, 7) is 0. The predicted molar refractivity (Wildman–Crippen MR) is 244 cm³/mol. The van der Waals surface area contributed by atoms with Crippen molar-refractivity contribution in [2.45, 2.75) is 0 Å². The molecule has 0 N–H and O–H groups in total. The van der Waals surface area contributed by atoms with Gasteiger partial charge in [0.1, 0.15) is 0 Å². The van der Waals surface area contributed by atoms with Gasteiger partial charge >= 0.3 is 0 Å². The number of nitrogens with zero attached hydrogens (tertiary/aromatic N) is 3. The van der Waals surface area contributed by atoms with Crippen molar-refractivity contribution in [3.63, 3.8) is 0 Å². The standard InChI is InChI=1S/C55H35N3/c1-2-14-37(15-3-1)48-35-50(56-49-31-30-38-16-4-5-17-43(38)55(48)49)39-28-26-36(27-29-39)40-32-41(57-51-22-10-6-18-44(51)45-19-7-11-23-52(45)57)34-42(33-40)58-53-24-12-8-20-46(53)47-21-9-13-25-54(47)58/h1-35H. The molecule has 0 unspecified atom stereocenters. The lowest BCUT2D eigenvalue weighted by Gasteiger charge is -2.16. The highest BCUT2D eigenvalue weighted by molar-refractivity contribution is 6.14. The van der Waals surface area contributed by atoms with Crippen LogP contribution in [0.3, 0.4) is 0 Å². The first-order valence-corrected chi connectivity index (χ1v) is 19.9. The number of rotatable bonds is 5. The first kappa shape index (κ1) is 32.5. The fourth-order valence-corrected chi connectivity index (χ4v) is 9.26. The third kappa shape index (κ3) is 5.04. The van der Waals surface area contributed by atoms with Crippen molar-refractivity contribution in [1.82, 2.24) is 14.1 Å². The molecule has 12 rings (SSSR count). The normalized spacial score (nSPS) is 11.8. The Morgan fingerprint density at radius 1 is 0.310 bits per heavy atom. The van der Waals surface area contributed by atoms with Crippen LogP contribution >= 0.6 is 0 Å². The molecule has 58 heavy (non-hydrogen) atoms. The van der Waals surface area contributed by atoms with E-state index < -0.39 is 0 Å². The van der Waals surface area contributed by atoms with Crippen LogP contribution in [0.1, 0.15) is 0 Å². The van der Waals surface area contributed by atoms with Gasteiger partial charge in [-0.2, -0.15) is 0 Å². The highest BCUT2D eigenvalue weighted by atomic mass is 15.0. The quantitative estimate of drug-likeness (QED) is 0.161. The summed E-state index contributed by atoms with van der Waals surface area (Å²) in [6, 6.07) is 76.9. The number of pyridine rings is 1. The lowest BCUT2D eigenvalue weighted by atomic mass is 9.94. The molecule has 3 heteroatoms. The maximum Gasteiger partial charge on any atom is 0.0722 e. The van der Waals surface area contributed by atoms with Crippen LogP contribution < -0.4 is 0 Å². The van der Waals surface area contributed by atoms with Crippen LogP contribution in [-0.2, 0) is 0 Å². The van der Waals surface area contributed by atoms with Gasteiger partial charge in [-0.1, -0.05) is 158 Å². The highest BCUT2D eigenvalue weighted by Gasteiger charge is 2.18. The summed E-state index contributed by atoms with van der Waals surface area (Å²) in [5, 5.41) is 8.61. The number of benzene rings is 9. The molecule has 0 saturated heterocycles. The molecule has 0 atom stereocenters. The maximum atomic E-state index is 5.29. The number of hydrogen-bond acceptors (Lipinski definition) is 1. The van der Waals surface area contributed by atoms with Crippen LogP contribution in [0.15, 0.2) is 212 Å². The summed E-state index contributed by atoms with van der Waals surface area (Å²) < 4.78 is 4.85. The van der Waals surface area contributed by atoms with Gasteiger partial charge in [0.2, 0.25) is 0 Å².